The SMILES string of the molecule is S=c1nc(-c2cnc(N3CCOCC3)s2)[nH][nH]1. The molecule has 0 saturated carbocycles. The predicted octanol–water partition coefficient (Wildman–Crippen LogP) is 1.43. The van der Waals surface area contributed by atoms with Crippen LogP contribution in [0.4, 0.5) is 5.13 Å². The first-order valence-corrected chi connectivity index (χ1v) is 6.49. The van der Waals surface area contributed by atoms with Gasteiger partial charge in [0.1, 0.15) is 0 Å². The third kappa shape index (κ3) is 2.24. The lowest BCUT2D eigenvalue weighted by Crippen LogP contribution is -2.36. The number of morpholine rings is 1. The van der Waals surface area contributed by atoms with Gasteiger partial charge in [0.05, 0.1) is 24.3 Å². The van der Waals surface area contributed by atoms with E-state index >= 15 is 0 Å². The Hall–Kier alpha value is -1.25. The van der Waals surface area contributed by atoms with Crippen LogP contribution in [-0.2, 0) is 4.74 Å². The van der Waals surface area contributed by atoms with Crippen molar-refractivity contribution in [3.05, 3.63) is 11.0 Å². The molecule has 2 aromatic rings. The van der Waals surface area contributed by atoms with Crippen LogP contribution in [0.3, 0.4) is 0 Å². The summed E-state index contributed by atoms with van der Waals surface area (Å²) in [7, 11) is 0. The Morgan fingerprint density at radius 2 is 2.18 bits per heavy atom. The zero-order chi connectivity index (χ0) is 11.7. The van der Waals surface area contributed by atoms with Crippen LogP contribution in [0.25, 0.3) is 10.7 Å². The van der Waals surface area contributed by atoms with Gasteiger partial charge >= 0.3 is 0 Å². The summed E-state index contributed by atoms with van der Waals surface area (Å²) in [5.41, 5.74) is 0. The maximum Gasteiger partial charge on any atom is 0.213 e. The highest BCUT2D eigenvalue weighted by atomic mass is 32.1. The lowest BCUT2D eigenvalue weighted by Gasteiger charge is -2.25. The van der Waals surface area contributed by atoms with Crippen molar-refractivity contribution in [2.45, 2.75) is 0 Å². The molecule has 0 unspecified atom stereocenters. The van der Waals surface area contributed by atoms with Gasteiger partial charge in [0.15, 0.2) is 11.0 Å². The van der Waals surface area contributed by atoms with Gasteiger partial charge in [-0.3, -0.25) is 10.2 Å². The van der Waals surface area contributed by atoms with E-state index in [1.54, 1.807) is 11.3 Å². The number of nitrogens with zero attached hydrogens (tertiary/aromatic N) is 3. The molecular weight excluding hydrogens is 258 g/mol. The largest absolute Gasteiger partial charge is 0.378 e. The van der Waals surface area contributed by atoms with Crippen LogP contribution in [0.2, 0.25) is 0 Å². The second kappa shape index (κ2) is 4.55. The molecule has 1 aliphatic heterocycles. The molecule has 3 rings (SSSR count). The number of anilines is 1. The van der Waals surface area contributed by atoms with Crippen molar-refractivity contribution < 1.29 is 4.74 Å². The summed E-state index contributed by atoms with van der Waals surface area (Å²) in [5, 5.41) is 6.71. The quantitative estimate of drug-likeness (QED) is 0.807. The van der Waals surface area contributed by atoms with Crippen LogP contribution in [0.15, 0.2) is 6.20 Å². The summed E-state index contributed by atoms with van der Waals surface area (Å²) in [6, 6.07) is 0. The fraction of sp³-hybridized carbons (Fsp3) is 0.444. The van der Waals surface area contributed by atoms with Crippen molar-refractivity contribution in [3.63, 3.8) is 0 Å². The van der Waals surface area contributed by atoms with Gasteiger partial charge in [0, 0.05) is 13.1 Å². The van der Waals surface area contributed by atoms with Crippen molar-refractivity contribution in [1.29, 1.82) is 0 Å². The molecule has 17 heavy (non-hydrogen) atoms. The van der Waals surface area contributed by atoms with E-state index in [2.05, 4.69) is 25.1 Å². The molecule has 2 aromatic heterocycles. The molecular formula is C9H11N5OS2. The number of aromatic nitrogens is 4. The molecule has 1 aliphatic rings. The van der Waals surface area contributed by atoms with Crippen molar-refractivity contribution in [2.75, 3.05) is 31.2 Å². The molecule has 3 heterocycles. The van der Waals surface area contributed by atoms with E-state index in [1.807, 2.05) is 6.20 Å². The Bertz CT molecular complexity index is 553. The molecule has 1 fully saturated rings. The second-order valence-corrected chi connectivity index (χ2v) is 5.02. The van der Waals surface area contributed by atoms with E-state index in [-0.39, 0.29) is 0 Å². The zero-order valence-electron chi connectivity index (χ0n) is 8.97. The Kier molecular flexibility index (Phi) is 2.91. The molecule has 0 atom stereocenters. The Morgan fingerprint density at radius 1 is 1.35 bits per heavy atom. The fourth-order valence-corrected chi connectivity index (χ4v) is 2.72. The summed E-state index contributed by atoms with van der Waals surface area (Å²) in [6.45, 7) is 3.31. The van der Waals surface area contributed by atoms with Crippen molar-refractivity contribution in [1.82, 2.24) is 20.2 Å². The molecule has 0 radical (unpaired) electrons. The van der Waals surface area contributed by atoms with Gasteiger partial charge in [-0.25, -0.2) is 4.98 Å². The van der Waals surface area contributed by atoms with Crippen LogP contribution in [0.5, 0.6) is 0 Å². The number of aromatic amines is 2. The van der Waals surface area contributed by atoms with Gasteiger partial charge in [0.2, 0.25) is 4.77 Å². The number of thiazole rings is 1. The van der Waals surface area contributed by atoms with Gasteiger partial charge in [-0.05, 0) is 12.2 Å². The third-order valence-corrected chi connectivity index (χ3v) is 3.77. The van der Waals surface area contributed by atoms with E-state index in [9.17, 15) is 0 Å². The van der Waals surface area contributed by atoms with E-state index in [4.69, 9.17) is 17.0 Å². The first-order valence-electron chi connectivity index (χ1n) is 5.26. The maximum atomic E-state index is 5.31. The minimum Gasteiger partial charge on any atom is -0.378 e. The van der Waals surface area contributed by atoms with E-state index in [0.717, 1.165) is 42.1 Å². The Balaban J connectivity index is 1.84. The average Bonchev–Trinajstić information content (AvgIpc) is 2.98. The van der Waals surface area contributed by atoms with Crippen molar-refractivity contribution >= 4 is 28.7 Å². The number of hydrogen-bond donors (Lipinski definition) is 2. The number of rotatable bonds is 2. The minimum absolute atomic E-state index is 0.460. The van der Waals surface area contributed by atoms with Crippen LogP contribution < -0.4 is 4.90 Å². The number of hydrogen-bond acceptors (Lipinski definition) is 6. The Morgan fingerprint density at radius 3 is 2.88 bits per heavy atom. The van der Waals surface area contributed by atoms with Gasteiger partial charge < -0.3 is 9.64 Å². The lowest BCUT2D eigenvalue weighted by molar-refractivity contribution is 0.122. The summed E-state index contributed by atoms with van der Waals surface area (Å²) >= 11 is 6.53. The third-order valence-electron chi connectivity index (χ3n) is 2.51. The summed E-state index contributed by atoms with van der Waals surface area (Å²) < 4.78 is 5.77. The van der Waals surface area contributed by atoms with Gasteiger partial charge in [-0.1, -0.05) is 11.3 Å². The van der Waals surface area contributed by atoms with Gasteiger partial charge in [-0.2, -0.15) is 4.98 Å². The van der Waals surface area contributed by atoms with Gasteiger partial charge in [-0.15, -0.1) is 0 Å². The topological polar surface area (TPSA) is 69.8 Å². The molecule has 0 spiro atoms. The molecule has 6 nitrogen and oxygen atoms in total. The van der Waals surface area contributed by atoms with E-state index in [1.165, 1.54) is 0 Å². The molecule has 8 heteroatoms. The lowest BCUT2D eigenvalue weighted by atomic mass is 10.5. The number of ether oxygens (including phenoxy) is 1. The fourth-order valence-electron chi connectivity index (χ4n) is 1.66. The second-order valence-electron chi connectivity index (χ2n) is 3.62. The highest BCUT2D eigenvalue weighted by molar-refractivity contribution is 7.71. The number of nitrogens with one attached hydrogen (secondary N) is 2. The molecule has 1 saturated heterocycles. The summed E-state index contributed by atoms with van der Waals surface area (Å²) in [4.78, 5) is 11.8. The van der Waals surface area contributed by atoms with E-state index < -0.39 is 0 Å². The molecule has 0 bridgehead atoms. The highest BCUT2D eigenvalue weighted by Gasteiger charge is 2.15. The minimum atomic E-state index is 0.460. The Labute approximate surface area is 107 Å². The molecule has 0 aromatic carbocycles. The van der Waals surface area contributed by atoms with Crippen molar-refractivity contribution in [3.8, 4) is 10.7 Å². The highest BCUT2D eigenvalue weighted by Crippen LogP contribution is 2.28. The summed E-state index contributed by atoms with van der Waals surface area (Å²) in [5.74, 6) is 0.743. The molecule has 90 valence electrons. The molecule has 0 aliphatic carbocycles. The van der Waals surface area contributed by atoms with Gasteiger partial charge in [0.25, 0.3) is 0 Å². The number of H-pyrrole nitrogens is 2. The van der Waals surface area contributed by atoms with Crippen LogP contribution in [0.1, 0.15) is 0 Å². The predicted molar refractivity (Wildman–Crippen MR) is 67.9 cm³/mol. The standard InChI is InChI=1S/C9H11N5OS2/c16-8-11-7(12-13-8)6-5-10-9(17-6)14-1-3-15-4-2-14/h5H,1-4H2,(H2,11,12,13,16). The van der Waals surface area contributed by atoms with Crippen molar-refractivity contribution in [2.24, 2.45) is 0 Å². The summed E-state index contributed by atoms with van der Waals surface area (Å²) in [6.07, 6.45) is 1.82. The first-order chi connectivity index (χ1) is 8.33. The zero-order valence-corrected chi connectivity index (χ0v) is 10.6. The smallest absolute Gasteiger partial charge is 0.213 e. The molecule has 0 amide bonds. The van der Waals surface area contributed by atoms with Crippen LogP contribution >= 0.6 is 23.6 Å². The maximum absolute atomic E-state index is 5.31. The van der Waals surface area contributed by atoms with E-state index in [0.29, 0.717) is 4.77 Å². The normalized spacial score (nSPS) is 16.4. The van der Waals surface area contributed by atoms with Crippen LogP contribution in [-0.4, -0.2) is 46.5 Å². The average molecular weight is 269 g/mol. The van der Waals surface area contributed by atoms with Crippen LogP contribution in [0, 0.1) is 4.77 Å². The first kappa shape index (κ1) is 10.9. The monoisotopic (exact) mass is 269 g/mol. The molecule has 2 N–H and O–H groups in total.